The van der Waals surface area contributed by atoms with Gasteiger partial charge in [0.2, 0.25) is 0 Å². The molecule has 23 heavy (non-hydrogen) atoms. The van der Waals surface area contributed by atoms with Crippen LogP contribution in [0.1, 0.15) is 11.1 Å². The van der Waals surface area contributed by atoms with E-state index >= 15 is 0 Å². The van der Waals surface area contributed by atoms with E-state index in [1.54, 1.807) is 18.2 Å². The number of benzene rings is 2. The summed E-state index contributed by atoms with van der Waals surface area (Å²) in [6.07, 6.45) is 0. The molecule has 6 nitrogen and oxygen atoms in total. The van der Waals surface area contributed by atoms with Gasteiger partial charge >= 0.3 is 8.60 Å². The van der Waals surface area contributed by atoms with Crippen LogP contribution in [0.5, 0.6) is 5.75 Å². The molecule has 2 aromatic rings. The highest BCUT2D eigenvalue weighted by molar-refractivity contribution is 9.10. The fourth-order valence-electron chi connectivity index (χ4n) is 1.84. The Morgan fingerprint density at radius 1 is 1.17 bits per heavy atom. The van der Waals surface area contributed by atoms with Crippen molar-refractivity contribution >= 4 is 47.6 Å². The van der Waals surface area contributed by atoms with Crippen molar-refractivity contribution in [3.63, 3.8) is 0 Å². The van der Waals surface area contributed by atoms with E-state index in [9.17, 15) is 0 Å². The van der Waals surface area contributed by atoms with Crippen molar-refractivity contribution in [2.45, 2.75) is 0 Å². The SMILES string of the molecule is NC(=S)N/N=C(/c1cccc(Br)c1)c1cccc(OP(O)O)c1. The first-order chi connectivity index (χ1) is 11.0. The number of nitrogens with zero attached hydrogens (tertiary/aromatic N) is 1. The van der Waals surface area contributed by atoms with Crippen LogP contribution in [-0.2, 0) is 0 Å². The second kappa shape index (κ2) is 8.33. The van der Waals surface area contributed by atoms with Gasteiger partial charge in [-0.1, -0.05) is 40.2 Å². The highest BCUT2D eigenvalue weighted by Gasteiger charge is 2.11. The fourth-order valence-corrected chi connectivity index (χ4v) is 2.58. The second-order valence-corrected chi connectivity index (χ2v) is 6.36. The van der Waals surface area contributed by atoms with Crippen molar-refractivity contribution in [3.05, 3.63) is 64.1 Å². The number of thiocarbonyl (C=S) groups is 1. The molecule has 0 saturated heterocycles. The summed E-state index contributed by atoms with van der Waals surface area (Å²) in [4.78, 5) is 18.0. The predicted molar refractivity (Wildman–Crippen MR) is 98.1 cm³/mol. The van der Waals surface area contributed by atoms with Crippen molar-refractivity contribution in [2.24, 2.45) is 10.8 Å². The molecule has 0 amide bonds. The molecule has 9 heteroatoms. The summed E-state index contributed by atoms with van der Waals surface area (Å²) in [5.74, 6) is 0.316. The monoisotopic (exact) mass is 413 g/mol. The van der Waals surface area contributed by atoms with Crippen LogP contribution in [0.3, 0.4) is 0 Å². The quantitative estimate of drug-likeness (QED) is 0.260. The molecule has 0 radical (unpaired) electrons. The van der Waals surface area contributed by atoms with E-state index in [2.05, 4.69) is 26.5 Å². The molecular weight excluding hydrogens is 401 g/mol. The number of rotatable bonds is 5. The summed E-state index contributed by atoms with van der Waals surface area (Å²) in [5, 5.41) is 4.27. The third-order valence-corrected chi connectivity index (χ3v) is 3.63. The first-order valence-corrected chi connectivity index (χ1v) is 8.67. The van der Waals surface area contributed by atoms with E-state index in [0.717, 1.165) is 10.0 Å². The summed E-state index contributed by atoms with van der Waals surface area (Å²) < 4.78 is 5.82. The molecule has 2 rings (SSSR count). The average Bonchev–Trinajstić information content (AvgIpc) is 2.47. The number of halogens is 1. The third kappa shape index (κ3) is 5.53. The van der Waals surface area contributed by atoms with Gasteiger partial charge in [0.15, 0.2) is 5.11 Å². The Labute approximate surface area is 148 Å². The molecule has 120 valence electrons. The largest absolute Gasteiger partial charge is 0.427 e. The minimum absolute atomic E-state index is 0.0409. The minimum atomic E-state index is -2.49. The van der Waals surface area contributed by atoms with Gasteiger partial charge in [-0.15, -0.1) is 0 Å². The van der Waals surface area contributed by atoms with Gasteiger partial charge in [-0.05, 0) is 36.5 Å². The van der Waals surface area contributed by atoms with Crippen LogP contribution in [0.25, 0.3) is 0 Å². The molecule has 0 aliphatic heterocycles. The second-order valence-electron chi connectivity index (χ2n) is 4.32. The summed E-state index contributed by atoms with van der Waals surface area (Å²) in [7, 11) is -2.49. The van der Waals surface area contributed by atoms with Gasteiger partial charge in [0.1, 0.15) is 5.75 Å². The molecule has 0 bridgehead atoms. The Bertz CT molecular complexity index is 743. The summed E-state index contributed by atoms with van der Waals surface area (Å²) in [6.45, 7) is 0. The van der Waals surface area contributed by atoms with E-state index in [-0.39, 0.29) is 5.11 Å². The Morgan fingerprint density at radius 2 is 1.83 bits per heavy atom. The smallest absolute Gasteiger partial charge is 0.391 e. The van der Waals surface area contributed by atoms with Crippen LogP contribution in [0.15, 0.2) is 58.1 Å². The third-order valence-electron chi connectivity index (χ3n) is 2.67. The van der Waals surface area contributed by atoms with Gasteiger partial charge in [0, 0.05) is 15.6 Å². The molecule has 0 spiro atoms. The van der Waals surface area contributed by atoms with E-state index in [1.165, 1.54) is 0 Å². The van der Waals surface area contributed by atoms with Crippen LogP contribution in [0.2, 0.25) is 0 Å². The molecule has 0 aliphatic rings. The van der Waals surface area contributed by atoms with Gasteiger partial charge in [-0.2, -0.15) is 5.10 Å². The number of nitrogens with one attached hydrogen (secondary N) is 1. The molecule has 0 heterocycles. The van der Waals surface area contributed by atoms with Crippen molar-refractivity contribution in [1.29, 1.82) is 0 Å². The van der Waals surface area contributed by atoms with Gasteiger partial charge in [0.25, 0.3) is 0 Å². The fraction of sp³-hybridized carbons (Fsp3) is 0. The normalized spacial score (nSPS) is 11.4. The van der Waals surface area contributed by atoms with E-state index in [1.807, 2.05) is 30.3 Å². The molecule has 0 aromatic heterocycles. The van der Waals surface area contributed by atoms with Gasteiger partial charge in [-0.25, -0.2) is 0 Å². The van der Waals surface area contributed by atoms with Crippen LogP contribution in [-0.4, -0.2) is 20.6 Å². The Balaban J connectivity index is 2.45. The van der Waals surface area contributed by atoms with Gasteiger partial charge in [-0.3, -0.25) is 5.43 Å². The minimum Gasteiger partial charge on any atom is -0.427 e. The lowest BCUT2D eigenvalue weighted by molar-refractivity contribution is 0.375. The maximum atomic E-state index is 8.98. The maximum Gasteiger partial charge on any atom is 0.391 e. The lowest BCUT2D eigenvalue weighted by atomic mass is 10.0. The first-order valence-electron chi connectivity index (χ1n) is 6.31. The maximum absolute atomic E-state index is 8.98. The van der Waals surface area contributed by atoms with E-state index in [4.69, 9.17) is 32.3 Å². The van der Waals surface area contributed by atoms with Crippen LogP contribution in [0, 0.1) is 0 Å². The number of nitrogens with two attached hydrogens (primary N) is 1. The standard InChI is InChI=1S/C14H13BrN3O3PS/c15-11-5-1-3-9(7-11)13(17-18-14(16)23)10-4-2-6-12(8-10)21-22(19)20/h1-8,19-20H,(H3,16,18,23)/b17-13-. The average molecular weight is 414 g/mol. The lowest BCUT2D eigenvalue weighted by Crippen LogP contribution is -2.26. The Morgan fingerprint density at radius 3 is 2.43 bits per heavy atom. The van der Waals surface area contributed by atoms with Crippen LogP contribution < -0.4 is 15.7 Å². The van der Waals surface area contributed by atoms with Gasteiger partial charge in [0.05, 0.1) is 5.71 Å². The Kier molecular flexibility index (Phi) is 6.44. The number of hydrogen-bond donors (Lipinski definition) is 4. The molecule has 0 atom stereocenters. The zero-order valence-corrected chi connectivity index (χ0v) is 15.0. The van der Waals surface area contributed by atoms with Crippen molar-refractivity contribution in [2.75, 3.05) is 0 Å². The van der Waals surface area contributed by atoms with Crippen LogP contribution in [0.4, 0.5) is 0 Å². The highest BCUT2D eigenvalue weighted by Crippen LogP contribution is 2.29. The molecule has 5 N–H and O–H groups in total. The van der Waals surface area contributed by atoms with Crippen molar-refractivity contribution in [3.8, 4) is 5.75 Å². The van der Waals surface area contributed by atoms with E-state index < -0.39 is 8.60 Å². The van der Waals surface area contributed by atoms with Crippen molar-refractivity contribution in [1.82, 2.24) is 5.43 Å². The van der Waals surface area contributed by atoms with E-state index in [0.29, 0.717) is 17.0 Å². The Hall–Kier alpha value is -1.57. The zero-order valence-electron chi connectivity index (χ0n) is 11.7. The molecule has 0 aliphatic carbocycles. The summed E-state index contributed by atoms with van der Waals surface area (Å²) in [6, 6.07) is 14.3. The first kappa shape index (κ1) is 17.8. The lowest BCUT2D eigenvalue weighted by Gasteiger charge is -2.11. The molecule has 0 unspecified atom stereocenters. The topological polar surface area (TPSA) is 100 Å². The molecule has 0 fully saturated rings. The predicted octanol–water partition coefficient (Wildman–Crippen LogP) is 2.63. The molecular formula is C14H13BrN3O3PS. The van der Waals surface area contributed by atoms with Gasteiger partial charge < -0.3 is 20.0 Å². The summed E-state index contributed by atoms with van der Waals surface area (Å²) in [5.41, 5.74) is 10.1. The number of hydrazone groups is 1. The molecule has 2 aromatic carbocycles. The zero-order chi connectivity index (χ0) is 16.8. The number of hydrogen-bond acceptors (Lipinski definition) is 5. The summed E-state index contributed by atoms with van der Waals surface area (Å²) >= 11 is 8.20. The highest BCUT2D eigenvalue weighted by atomic mass is 79.9. The van der Waals surface area contributed by atoms with Crippen molar-refractivity contribution < 1.29 is 14.3 Å². The molecule has 0 saturated carbocycles. The van der Waals surface area contributed by atoms with Crippen LogP contribution >= 0.6 is 36.8 Å².